The molecule has 1 fully saturated rings. The van der Waals surface area contributed by atoms with E-state index in [1.54, 1.807) is 0 Å². The lowest BCUT2D eigenvalue weighted by Gasteiger charge is -2.23. The van der Waals surface area contributed by atoms with Crippen LogP contribution in [0, 0.1) is 5.92 Å². The lowest BCUT2D eigenvalue weighted by Crippen LogP contribution is -2.19. The summed E-state index contributed by atoms with van der Waals surface area (Å²) in [6.07, 6.45) is 2.68. The maximum Gasteiger partial charge on any atom is 0.0161 e. The molecule has 0 aliphatic carbocycles. The second kappa shape index (κ2) is 4.83. The summed E-state index contributed by atoms with van der Waals surface area (Å²) >= 11 is 2.07. The Morgan fingerprint density at radius 2 is 2.18 bits per heavy atom. The lowest BCUT2D eigenvalue weighted by molar-refractivity contribution is 0.551. The van der Waals surface area contributed by atoms with Crippen molar-refractivity contribution in [1.82, 2.24) is 5.32 Å². The van der Waals surface area contributed by atoms with Crippen LogP contribution >= 0.6 is 11.8 Å². The molecule has 0 spiro atoms. The van der Waals surface area contributed by atoms with E-state index in [0.29, 0.717) is 0 Å². The van der Waals surface area contributed by atoms with Gasteiger partial charge in [0.15, 0.2) is 0 Å². The minimum atomic E-state index is 0.795. The van der Waals surface area contributed by atoms with Gasteiger partial charge in [0.2, 0.25) is 0 Å². The van der Waals surface area contributed by atoms with Gasteiger partial charge in [-0.05, 0) is 37.3 Å². The predicted molar refractivity (Wildman–Crippen MR) is 53.1 cm³/mol. The van der Waals surface area contributed by atoms with Gasteiger partial charge in [0.25, 0.3) is 0 Å². The summed E-state index contributed by atoms with van der Waals surface area (Å²) in [5.41, 5.74) is 1.40. The van der Waals surface area contributed by atoms with Gasteiger partial charge in [-0.15, -0.1) is 0 Å². The summed E-state index contributed by atoms with van der Waals surface area (Å²) in [7, 11) is 1.99. The molecule has 1 aliphatic rings. The van der Waals surface area contributed by atoms with Crippen molar-refractivity contribution in [3.63, 3.8) is 0 Å². The van der Waals surface area contributed by atoms with Gasteiger partial charge in [-0.2, -0.15) is 11.8 Å². The standard InChI is InChI=1S/C9H17NS/c1-8(7-10-2)9-3-5-11-6-4-9/h9-10H,1,3-7H2,2H3. The number of nitrogens with one attached hydrogen (secondary N) is 1. The van der Waals surface area contributed by atoms with E-state index in [2.05, 4.69) is 23.7 Å². The number of thioether (sulfide) groups is 1. The van der Waals surface area contributed by atoms with Gasteiger partial charge in [-0.3, -0.25) is 0 Å². The number of likely N-dealkylation sites (N-methyl/N-ethyl adjacent to an activating group) is 1. The zero-order valence-electron chi connectivity index (χ0n) is 7.23. The normalized spacial score (nSPS) is 20.1. The molecule has 11 heavy (non-hydrogen) atoms. The van der Waals surface area contributed by atoms with E-state index in [1.165, 1.54) is 29.9 Å². The van der Waals surface area contributed by atoms with Crippen molar-refractivity contribution in [2.24, 2.45) is 5.92 Å². The minimum Gasteiger partial charge on any atom is -0.316 e. The van der Waals surface area contributed by atoms with Crippen LogP contribution in [0.2, 0.25) is 0 Å². The minimum absolute atomic E-state index is 0.795. The molecule has 0 aromatic rings. The van der Waals surface area contributed by atoms with E-state index in [0.717, 1.165) is 12.5 Å². The van der Waals surface area contributed by atoms with Crippen LogP contribution in [0.5, 0.6) is 0 Å². The topological polar surface area (TPSA) is 12.0 Å². The van der Waals surface area contributed by atoms with Crippen molar-refractivity contribution in [2.45, 2.75) is 12.8 Å². The van der Waals surface area contributed by atoms with Gasteiger partial charge >= 0.3 is 0 Å². The molecule has 1 N–H and O–H groups in total. The Balaban J connectivity index is 2.27. The summed E-state index contributed by atoms with van der Waals surface area (Å²) in [5.74, 6) is 3.45. The summed E-state index contributed by atoms with van der Waals surface area (Å²) in [6.45, 7) is 5.09. The molecule has 1 nitrogen and oxygen atoms in total. The smallest absolute Gasteiger partial charge is 0.0161 e. The quantitative estimate of drug-likeness (QED) is 0.651. The molecule has 0 atom stereocenters. The van der Waals surface area contributed by atoms with Crippen molar-refractivity contribution in [1.29, 1.82) is 0 Å². The monoisotopic (exact) mass is 171 g/mol. The first kappa shape index (κ1) is 9.14. The van der Waals surface area contributed by atoms with Gasteiger partial charge < -0.3 is 5.32 Å². The average Bonchev–Trinajstić information content (AvgIpc) is 2.07. The second-order valence-electron chi connectivity index (χ2n) is 3.08. The molecule has 0 aromatic carbocycles. The van der Waals surface area contributed by atoms with Crippen LogP contribution in [-0.4, -0.2) is 25.1 Å². The Bertz CT molecular complexity index is 128. The first-order valence-corrected chi connectivity index (χ1v) is 5.40. The van der Waals surface area contributed by atoms with Crippen molar-refractivity contribution in [2.75, 3.05) is 25.1 Å². The van der Waals surface area contributed by atoms with E-state index in [9.17, 15) is 0 Å². The average molecular weight is 171 g/mol. The number of hydrogen-bond acceptors (Lipinski definition) is 2. The summed E-state index contributed by atoms with van der Waals surface area (Å²) in [6, 6.07) is 0. The van der Waals surface area contributed by atoms with Crippen molar-refractivity contribution in [3.05, 3.63) is 12.2 Å². The number of rotatable bonds is 3. The highest BCUT2D eigenvalue weighted by atomic mass is 32.2. The zero-order chi connectivity index (χ0) is 8.10. The maximum atomic E-state index is 4.10. The molecule has 1 saturated heterocycles. The van der Waals surface area contributed by atoms with Crippen LogP contribution < -0.4 is 5.32 Å². The van der Waals surface area contributed by atoms with Gasteiger partial charge in [0.1, 0.15) is 0 Å². The van der Waals surface area contributed by atoms with Crippen LogP contribution in [0.1, 0.15) is 12.8 Å². The van der Waals surface area contributed by atoms with E-state index < -0.39 is 0 Å². The fourth-order valence-electron chi connectivity index (χ4n) is 1.48. The highest BCUT2D eigenvalue weighted by molar-refractivity contribution is 7.99. The van der Waals surface area contributed by atoms with Gasteiger partial charge in [-0.1, -0.05) is 12.2 Å². The van der Waals surface area contributed by atoms with Crippen molar-refractivity contribution >= 4 is 11.8 Å². The Morgan fingerprint density at radius 1 is 1.55 bits per heavy atom. The number of hydrogen-bond donors (Lipinski definition) is 1. The molecular weight excluding hydrogens is 154 g/mol. The van der Waals surface area contributed by atoms with Gasteiger partial charge in [-0.25, -0.2) is 0 Å². The Morgan fingerprint density at radius 3 is 2.73 bits per heavy atom. The molecule has 0 saturated carbocycles. The second-order valence-corrected chi connectivity index (χ2v) is 4.30. The van der Waals surface area contributed by atoms with Crippen molar-refractivity contribution < 1.29 is 0 Å². The molecule has 0 radical (unpaired) electrons. The van der Waals surface area contributed by atoms with Crippen molar-refractivity contribution in [3.8, 4) is 0 Å². The molecule has 1 rings (SSSR count). The van der Waals surface area contributed by atoms with Crippen LogP contribution in [0.4, 0.5) is 0 Å². The Hall–Kier alpha value is 0.0500. The van der Waals surface area contributed by atoms with Gasteiger partial charge in [0.05, 0.1) is 0 Å². The fourth-order valence-corrected chi connectivity index (χ4v) is 2.58. The third kappa shape index (κ3) is 2.88. The predicted octanol–water partition coefficient (Wildman–Crippen LogP) is 1.91. The first-order chi connectivity index (χ1) is 5.34. The highest BCUT2D eigenvalue weighted by Gasteiger charge is 2.15. The van der Waals surface area contributed by atoms with E-state index in [-0.39, 0.29) is 0 Å². The van der Waals surface area contributed by atoms with Crippen LogP contribution in [0.15, 0.2) is 12.2 Å². The molecule has 0 aromatic heterocycles. The summed E-state index contributed by atoms with van der Waals surface area (Å²) < 4.78 is 0. The first-order valence-electron chi connectivity index (χ1n) is 4.24. The molecule has 1 aliphatic heterocycles. The van der Waals surface area contributed by atoms with E-state index in [4.69, 9.17) is 0 Å². The van der Waals surface area contributed by atoms with Crippen LogP contribution in [0.25, 0.3) is 0 Å². The summed E-state index contributed by atoms with van der Waals surface area (Å²) in [4.78, 5) is 0. The zero-order valence-corrected chi connectivity index (χ0v) is 8.04. The molecule has 64 valence electrons. The SMILES string of the molecule is C=C(CNC)C1CCSCC1. The van der Waals surface area contributed by atoms with Crippen LogP contribution in [0.3, 0.4) is 0 Å². The summed E-state index contributed by atoms with van der Waals surface area (Å²) in [5, 5.41) is 3.16. The largest absolute Gasteiger partial charge is 0.316 e. The highest BCUT2D eigenvalue weighted by Crippen LogP contribution is 2.27. The van der Waals surface area contributed by atoms with Crippen LogP contribution in [-0.2, 0) is 0 Å². The maximum absolute atomic E-state index is 4.10. The Kier molecular flexibility index (Phi) is 4.02. The molecule has 0 unspecified atom stereocenters. The van der Waals surface area contributed by atoms with E-state index >= 15 is 0 Å². The molecule has 2 heteroatoms. The molecule has 1 heterocycles. The fraction of sp³-hybridized carbons (Fsp3) is 0.778. The Labute approximate surface area is 73.6 Å². The molecule has 0 bridgehead atoms. The third-order valence-electron chi connectivity index (χ3n) is 2.20. The molecule has 0 amide bonds. The van der Waals surface area contributed by atoms with Gasteiger partial charge in [0, 0.05) is 6.54 Å². The lowest BCUT2D eigenvalue weighted by atomic mass is 9.94. The van der Waals surface area contributed by atoms with E-state index in [1.807, 2.05) is 7.05 Å². The third-order valence-corrected chi connectivity index (χ3v) is 3.25. The molecular formula is C9H17NS.